The van der Waals surface area contributed by atoms with Gasteiger partial charge in [0.1, 0.15) is 0 Å². The van der Waals surface area contributed by atoms with E-state index in [2.05, 4.69) is 11.4 Å². The first-order chi connectivity index (χ1) is 15.5. The number of unbranched alkanes of at least 4 members (excludes halogenated alkanes) is 1. The van der Waals surface area contributed by atoms with E-state index in [-0.39, 0.29) is 27.8 Å². The van der Waals surface area contributed by atoms with Crippen LogP contribution in [0.2, 0.25) is 0 Å². The second-order valence-electron chi connectivity index (χ2n) is 7.78. The van der Waals surface area contributed by atoms with E-state index in [0.29, 0.717) is 24.9 Å². The molecule has 0 saturated heterocycles. The number of nitrogens with one attached hydrogen (secondary N) is 1. The lowest BCUT2D eigenvalue weighted by molar-refractivity contribution is 0.102. The van der Waals surface area contributed by atoms with Gasteiger partial charge in [0, 0.05) is 18.7 Å². The smallest absolute Gasteiger partial charge is 0.257 e. The Hall–Kier alpha value is -2.90. The van der Waals surface area contributed by atoms with Crippen molar-refractivity contribution in [2.75, 3.05) is 28.7 Å². The highest BCUT2D eigenvalue weighted by atomic mass is 32.2. The number of anilines is 2. The molecule has 1 amide bonds. The molecule has 2 aromatic rings. The third-order valence-corrected chi connectivity index (χ3v) is 8.36. The van der Waals surface area contributed by atoms with E-state index >= 15 is 0 Å². The fourth-order valence-electron chi connectivity index (χ4n) is 3.22. The van der Waals surface area contributed by atoms with Gasteiger partial charge in [-0.3, -0.25) is 9.10 Å². The molecular formula is C23H29N3O5S2. The molecule has 0 bridgehead atoms. The van der Waals surface area contributed by atoms with Gasteiger partial charge in [-0.05, 0) is 55.7 Å². The van der Waals surface area contributed by atoms with Crippen LogP contribution in [-0.2, 0) is 19.9 Å². The second kappa shape index (κ2) is 11.3. The zero-order chi connectivity index (χ0) is 24.6. The number of hydrogen-bond acceptors (Lipinski definition) is 6. The van der Waals surface area contributed by atoms with E-state index in [9.17, 15) is 21.6 Å². The maximum Gasteiger partial charge on any atom is 0.257 e. The number of nitriles is 1. The molecule has 0 spiro atoms. The molecule has 0 saturated carbocycles. The predicted octanol–water partition coefficient (Wildman–Crippen LogP) is 3.83. The van der Waals surface area contributed by atoms with Crippen molar-refractivity contribution in [1.29, 1.82) is 5.26 Å². The molecule has 0 aliphatic heterocycles. The Morgan fingerprint density at radius 1 is 1.06 bits per heavy atom. The van der Waals surface area contributed by atoms with E-state index in [1.54, 1.807) is 12.1 Å². The summed E-state index contributed by atoms with van der Waals surface area (Å²) in [5.41, 5.74) is 0.791. The summed E-state index contributed by atoms with van der Waals surface area (Å²) in [5, 5.41) is 11.7. The van der Waals surface area contributed by atoms with E-state index in [1.165, 1.54) is 43.4 Å². The van der Waals surface area contributed by atoms with Gasteiger partial charge in [0.2, 0.25) is 10.0 Å². The fraction of sp³-hybridized carbons (Fsp3) is 0.391. The molecule has 2 rings (SSSR count). The number of carbonyl (C=O) groups excluding carboxylic acids is 1. The van der Waals surface area contributed by atoms with Gasteiger partial charge in [-0.15, -0.1) is 0 Å². The lowest BCUT2D eigenvalue weighted by Crippen LogP contribution is -2.27. The van der Waals surface area contributed by atoms with Crippen LogP contribution >= 0.6 is 0 Å². The third-order valence-electron chi connectivity index (χ3n) is 5.35. The maximum absolute atomic E-state index is 12.8. The number of nitrogens with zero attached hydrogens (tertiary/aromatic N) is 2. The Balaban J connectivity index is 2.07. The van der Waals surface area contributed by atoms with Crippen molar-refractivity contribution in [2.45, 2.75) is 37.5 Å². The predicted molar refractivity (Wildman–Crippen MR) is 129 cm³/mol. The van der Waals surface area contributed by atoms with Gasteiger partial charge < -0.3 is 5.32 Å². The summed E-state index contributed by atoms with van der Waals surface area (Å²) in [5.74, 6) is -0.566. The normalized spacial score (nSPS) is 12.5. The Kier molecular flexibility index (Phi) is 9.02. The van der Waals surface area contributed by atoms with Crippen LogP contribution in [0.3, 0.4) is 0 Å². The molecule has 0 aliphatic carbocycles. The van der Waals surface area contributed by atoms with Gasteiger partial charge in [0.15, 0.2) is 9.84 Å². The Morgan fingerprint density at radius 3 is 2.27 bits per heavy atom. The first-order valence-electron chi connectivity index (χ1n) is 10.6. The standard InChI is InChI=1S/C23H29N3O5S2/c1-4-18(17-24)9-7-8-16-33(30,31)20-14-12-19(13-15-20)25-23(27)21-10-5-6-11-22(21)26(2)32(3,28)29/h5-6,10-15,18H,4,7-9,16H2,1-3H3,(H,25,27). The number of rotatable bonds is 11. The van der Waals surface area contributed by atoms with Crippen LogP contribution in [0.1, 0.15) is 43.0 Å². The van der Waals surface area contributed by atoms with Crippen LogP contribution < -0.4 is 9.62 Å². The van der Waals surface area contributed by atoms with Crippen molar-refractivity contribution in [2.24, 2.45) is 5.92 Å². The van der Waals surface area contributed by atoms with Crippen LogP contribution in [0.4, 0.5) is 11.4 Å². The average molecular weight is 492 g/mol. The number of carbonyl (C=O) groups is 1. The molecule has 178 valence electrons. The summed E-state index contributed by atoms with van der Waals surface area (Å²) in [7, 11) is -5.66. The van der Waals surface area contributed by atoms with Crippen molar-refractivity contribution in [3.05, 3.63) is 54.1 Å². The molecule has 0 aliphatic rings. The van der Waals surface area contributed by atoms with Gasteiger partial charge >= 0.3 is 0 Å². The SMILES string of the molecule is CCC(C#N)CCCCS(=O)(=O)c1ccc(NC(=O)c2ccccc2N(C)S(C)(=O)=O)cc1. The number of hydrogen-bond donors (Lipinski definition) is 1. The summed E-state index contributed by atoms with van der Waals surface area (Å²) in [6.07, 6.45) is 3.63. The van der Waals surface area contributed by atoms with Crippen molar-refractivity contribution in [3.63, 3.8) is 0 Å². The molecule has 0 fully saturated rings. The Labute approximate surface area is 196 Å². The first kappa shape index (κ1) is 26.4. The Bertz CT molecular complexity index is 1220. The third kappa shape index (κ3) is 7.30. The summed E-state index contributed by atoms with van der Waals surface area (Å²) < 4.78 is 49.9. The number of sulfonamides is 1. The van der Waals surface area contributed by atoms with Crippen LogP contribution in [0, 0.1) is 17.2 Å². The maximum atomic E-state index is 12.8. The molecule has 2 aromatic carbocycles. The zero-order valence-electron chi connectivity index (χ0n) is 19.0. The molecule has 0 radical (unpaired) electrons. The highest BCUT2D eigenvalue weighted by molar-refractivity contribution is 7.92. The second-order valence-corrected chi connectivity index (χ2v) is 11.9. The van der Waals surface area contributed by atoms with Gasteiger partial charge in [-0.25, -0.2) is 16.8 Å². The van der Waals surface area contributed by atoms with Crippen LogP contribution in [0.15, 0.2) is 53.4 Å². The minimum Gasteiger partial charge on any atom is -0.322 e. The quantitative estimate of drug-likeness (QED) is 0.476. The number of sulfone groups is 1. The topological polar surface area (TPSA) is 124 Å². The van der Waals surface area contributed by atoms with Crippen LogP contribution in [0.25, 0.3) is 0 Å². The molecule has 8 nitrogen and oxygen atoms in total. The van der Waals surface area contributed by atoms with E-state index < -0.39 is 25.8 Å². The monoisotopic (exact) mass is 491 g/mol. The molecular weight excluding hydrogens is 462 g/mol. The fourth-order valence-corrected chi connectivity index (χ4v) is 5.11. The minimum atomic E-state index is -3.55. The van der Waals surface area contributed by atoms with Gasteiger partial charge in [-0.1, -0.05) is 25.5 Å². The molecule has 33 heavy (non-hydrogen) atoms. The largest absolute Gasteiger partial charge is 0.322 e. The van der Waals surface area contributed by atoms with Crippen molar-refractivity contribution in [3.8, 4) is 6.07 Å². The van der Waals surface area contributed by atoms with Gasteiger partial charge in [-0.2, -0.15) is 5.26 Å². The minimum absolute atomic E-state index is 0.00816. The molecule has 0 heterocycles. The summed E-state index contributed by atoms with van der Waals surface area (Å²) in [6.45, 7) is 1.94. The molecule has 10 heteroatoms. The molecule has 1 unspecified atom stereocenters. The summed E-state index contributed by atoms with van der Waals surface area (Å²) >= 11 is 0. The number of amides is 1. The first-order valence-corrected chi connectivity index (χ1v) is 14.1. The van der Waals surface area contributed by atoms with E-state index in [0.717, 1.165) is 17.0 Å². The lowest BCUT2D eigenvalue weighted by atomic mass is 10.0. The molecule has 1 atom stereocenters. The summed E-state index contributed by atoms with van der Waals surface area (Å²) in [6, 6.07) is 14.4. The van der Waals surface area contributed by atoms with Gasteiger partial charge in [0.25, 0.3) is 5.91 Å². The van der Waals surface area contributed by atoms with Crippen LogP contribution in [-0.4, -0.2) is 41.8 Å². The summed E-state index contributed by atoms with van der Waals surface area (Å²) in [4.78, 5) is 12.9. The van der Waals surface area contributed by atoms with Crippen molar-refractivity contribution in [1.82, 2.24) is 0 Å². The molecule has 0 aromatic heterocycles. The number of para-hydroxylation sites is 1. The number of benzene rings is 2. The van der Waals surface area contributed by atoms with E-state index in [1.807, 2.05) is 6.92 Å². The zero-order valence-corrected chi connectivity index (χ0v) is 20.6. The Morgan fingerprint density at radius 2 is 1.70 bits per heavy atom. The lowest BCUT2D eigenvalue weighted by Gasteiger charge is -2.19. The highest BCUT2D eigenvalue weighted by Crippen LogP contribution is 2.23. The van der Waals surface area contributed by atoms with Gasteiger partial charge in [0.05, 0.1) is 34.2 Å². The van der Waals surface area contributed by atoms with Crippen molar-refractivity contribution >= 4 is 37.1 Å². The van der Waals surface area contributed by atoms with E-state index in [4.69, 9.17) is 5.26 Å². The average Bonchev–Trinajstić information content (AvgIpc) is 2.78. The highest BCUT2D eigenvalue weighted by Gasteiger charge is 2.20. The van der Waals surface area contributed by atoms with Crippen LogP contribution in [0.5, 0.6) is 0 Å². The molecule has 1 N–H and O–H groups in total. The van der Waals surface area contributed by atoms with Crippen molar-refractivity contribution < 1.29 is 21.6 Å².